The maximum Gasteiger partial charge on any atom is 0.329 e. The number of aromatic nitrogens is 2. The summed E-state index contributed by atoms with van der Waals surface area (Å²) in [6, 6.07) is 4.93. The molecule has 0 saturated carbocycles. The minimum Gasteiger partial charge on any atom is -0.480 e. The van der Waals surface area contributed by atoms with E-state index in [4.69, 9.17) is 0 Å². The molecule has 7 heteroatoms. The molecule has 6 nitrogen and oxygen atoms in total. The fourth-order valence-electron chi connectivity index (χ4n) is 4.23. The number of hydrogen-bond donors (Lipinski definition) is 1. The Labute approximate surface area is 156 Å². The number of amides is 1. The Bertz CT molecular complexity index is 952. The minimum atomic E-state index is -1.22. The highest BCUT2D eigenvalue weighted by Gasteiger charge is 2.47. The fraction of sp³-hybridized carbons (Fsp3) is 0.450. The fourth-order valence-corrected chi connectivity index (χ4v) is 4.23. The second-order valence-electron chi connectivity index (χ2n) is 7.63. The molecule has 1 aliphatic heterocycles. The van der Waals surface area contributed by atoms with Crippen molar-refractivity contribution in [3.05, 3.63) is 46.5 Å². The van der Waals surface area contributed by atoms with Gasteiger partial charge in [0.05, 0.1) is 0 Å². The van der Waals surface area contributed by atoms with Crippen molar-refractivity contribution in [2.24, 2.45) is 0 Å². The summed E-state index contributed by atoms with van der Waals surface area (Å²) in [6.45, 7) is 3.79. The van der Waals surface area contributed by atoms with Gasteiger partial charge in [0.25, 0.3) is 5.91 Å². The second-order valence-corrected chi connectivity index (χ2v) is 7.63. The molecule has 1 N–H and O–H groups in total. The standard InChI is InChI=1S/C20H22FN3O3/c1-12-7-8-16(14(21)11-12)24-15-6-3-5-13(15)17(22-24)18(25)23-10-4-9-20(23,2)19(26)27/h7-8,11H,3-6,9-10H2,1-2H3,(H,26,27). The molecule has 2 aliphatic rings. The average Bonchev–Trinajstić information content (AvgIpc) is 3.30. The van der Waals surface area contributed by atoms with Gasteiger partial charge >= 0.3 is 5.97 Å². The minimum absolute atomic E-state index is 0.261. The van der Waals surface area contributed by atoms with Crippen LogP contribution in [0.1, 0.15) is 53.5 Å². The second kappa shape index (κ2) is 6.18. The zero-order valence-corrected chi connectivity index (χ0v) is 15.5. The predicted molar refractivity (Wildman–Crippen MR) is 96.6 cm³/mol. The zero-order valence-electron chi connectivity index (χ0n) is 15.5. The summed E-state index contributed by atoms with van der Waals surface area (Å²) in [5.41, 5.74) is 1.83. The Morgan fingerprint density at radius 2 is 2.04 bits per heavy atom. The molecule has 142 valence electrons. The van der Waals surface area contributed by atoms with Crippen LogP contribution in [0.15, 0.2) is 18.2 Å². The van der Waals surface area contributed by atoms with Crippen LogP contribution in [-0.4, -0.2) is 43.7 Å². The highest BCUT2D eigenvalue weighted by Crippen LogP contribution is 2.34. The van der Waals surface area contributed by atoms with Crippen LogP contribution in [0.4, 0.5) is 4.39 Å². The number of halogens is 1. The van der Waals surface area contributed by atoms with Gasteiger partial charge in [-0.05, 0) is 63.6 Å². The Balaban J connectivity index is 1.79. The van der Waals surface area contributed by atoms with Crippen LogP contribution in [0.3, 0.4) is 0 Å². The normalized spacial score (nSPS) is 21.5. The molecule has 27 heavy (non-hydrogen) atoms. The van der Waals surface area contributed by atoms with Gasteiger partial charge in [0.15, 0.2) is 5.69 Å². The van der Waals surface area contributed by atoms with E-state index >= 15 is 0 Å². The van der Waals surface area contributed by atoms with Gasteiger partial charge in [0.1, 0.15) is 17.0 Å². The van der Waals surface area contributed by atoms with Crippen LogP contribution in [-0.2, 0) is 17.6 Å². The first-order valence-electron chi connectivity index (χ1n) is 9.25. The van der Waals surface area contributed by atoms with Gasteiger partial charge in [-0.3, -0.25) is 4.79 Å². The van der Waals surface area contributed by atoms with Crippen LogP contribution >= 0.6 is 0 Å². The largest absolute Gasteiger partial charge is 0.480 e. The Kier molecular flexibility index (Phi) is 4.05. The number of rotatable bonds is 3. The van der Waals surface area contributed by atoms with Crippen molar-refractivity contribution in [3.63, 3.8) is 0 Å². The molecule has 4 rings (SSSR count). The van der Waals surface area contributed by atoms with E-state index in [1.54, 1.807) is 13.0 Å². The Morgan fingerprint density at radius 3 is 2.74 bits per heavy atom. The van der Waals surface area contributed by atoms with Crippen molar-refractivity contribution < 1.29 is 19.1 Å². The lowest BCUT2D eigenvalue weighted by atomic mass is 9.99. The predicted octanol–water partition coefficient (Wildman–Crippen LogP) is 2.89. The monoisotopic (exact) mass is 371 g/mol. The van der Waals surface area contributed by atoms with Crippen LogP contribution in [0.2, 0.25) is 0 Å². The molecule has 2 heterocycles. The highest BCUT2D eigenvalue weighted by atomic mass is 19.1. The van der Waals surface area contributed by atoms with Crippen molar-refractivity contribution in [3.8, 4) is 5.69 Å². The molecule has 1 unspecified atom stereocenters. The lowest BCUT2D eigenvalue weighted by Crippen LogP contribution is -2.51. The van der Waals surface area contributed by atoms with Crippen molar-refractivity contribution in [2.75, 3.05) is 6.54 Å². The van der Waals surface area contributed by atoms with E-state index in [9.17, 15) is 19.1 Å². The van der Waals surface area contributed by atoms with E-state index in [-0.39, 0.29) is 17.4 Å². The summed E-state index contributed by atoms with van der Waals surface area (Å²) in [5.74, 6) is -1.77. The first kappa shape index (κ1) is 17.7. The Hall–Kier alpha value is -2.70. The van der Waals surface area contributed by atoms with Crippen molar-refractivity contribution in [1.29, 1.82) is 0 Å². The summed E-state index contributed by atoms with van der Waals surface area (Å²) in [5, 5.41) is 14.1. The first-order chi connectivity index (χ1) is 12.8. The smallest absolute Gasteiger partial charge is 0.329 e. The zero-order chi connectivity index (χ0) is 19.3. The summed E-state index contributed by atoms with van der Waals surface area (Å²) in [6.07, 6.45) is 3.35. The number of hydrogen-bond acceptors (Lipinski definition) is 3. The van der Waals surface area contributed by atoms with Crippen LogP contribution in [0.25, 0.3) is 5.69 Å². The number of aryl methyl sites for hydroxylation is 1. The molecule has 0 bridgehead atoms. The van der Waals surface area contributed by atoms with E-state index in [0.29, 0.717) is 31.5 Å². The number of benzene rings is 1. The topological polar surface area (TPSA) is 75.4 Å². The van der Waals surface area contributed by atoms with E-state index in [1.807, 2.05) is 13.0 Å². The SMILES string of the molecule is Cc1ccc(-n2nc(C(=O)N3CCCC3(C)C(=O)O)c3c2CCC3)c(F)c1. The molecule has 0 spiro atoms. The maximum absolute atomic E-state index is 14.5. The van der Waals surface area contributed by atoms with E-state index in [2.05, 4.69) is 5.10 Å². The van der Waals surface area contributed by atoms with Gasteiger partial charge in [0, 0.05) is 17.8 Å². The molecular weight excluding hydrogens is 349 g/mol. The number of carbonyl (C=O) groups excluding carboxylic acids is 1. The van der Waals surface area contributed by atoms with E-state index in [1.165, 1.54) is 15.6 Å². The van der Waals surface area contributed by atoms with Gasteiger partial charge in [0.2, 0.25) is 0 Å². The molecule has 1 amide bonds. The number of aliphatic carboxylic acids is 1. The van der Waals surface area contributed by atoms with E-state index in [0.717, 1.165) is 29.7 Å². The molecule has 0 radical (unpaired) electrons. The lowest BCUT2D eigenvalue weighted by Gasteiger charge is -2.30. The quantitative estimate of drug-likeness (QED) is 0.900. The summed E-state index contributed by atoms with van der Waals surface area (Å²) in [4.78, 5) is 26.3. The van der Waals surface area contributed by atoms with Crippen LogP contribution in [0.5, 0.6) is 0 Å². The summed E-state index contributed by atoms with van der Waals surface area (Å²) in [7, 11) is 0. The highest BCUT2D eigenvalue weighted by molar-refractivity contribution is 5.98. The molecule has 1 fully saturated rings. The third kappa shape index (κ3) is 2.64. The van der Waals surface area contributed by atoms with Gasteiger partial charge in [-0.15, -0.1) is 0 Å². The van der Waals surface area contributed by atoms with Crippen LogP contribution in [0, 0.1) is 12.7 Å². The summed E-state index contributed by atoms with van der Waals surface area (Å²) < 4.78 is 16.0. The average molecular weight is 371 g/mol. The molecule has 1 aromatic heterocycles. The molecular formula is C20H22FN3O3. The molecule has 1 aromatic carbocycles. The third-order valence-electron chi connectivity index (χ3n) is 5.81. The number of carboxylic acid groups (broad SMARTS) is 1. The van der Waals surface area contributed by atoms with Crippen molar-refractivity contribution in [1.82, 2.24) is 14.7 Å². The number of fused-ring (bicyclic) bond motifs is 1. The maximum atomic E-state index is 14.5. The van der Waals surface area contributed by atoms with Gasteiger partial charge in [-0.25, -0.2) is 13.9 Å². The van der Waals surface area contributed by atoms with Gasteiger partial charge < -0.3 is 10.0 Å². The third-order valence-corrected chi connectivity index (χ3v) is 5.81. The van der Waals surface area contributed by atoms with Gasteiger partial charge in [-0.2, -0.15) is 5.10 Å². The molecule has 1 atom stereocenters. The number of carbonyl (C=O) groups is 2. The summed E-state index contributed by atoms with van der Waals surface area (Å²) >= 11 is 0. The molecule has 2 aromatic rings. The number of nitrogens with zero attached hydrogens (tertiary/aromatic N) is 3. The van der Waals surface area contributed by atoms with E-state index < -0.39 is 11.5 Å². The van der Waals surface area contributed by atoms with Gasteiger partial charge in [-0.1, -0.05) is 6.07 Å². The number of likely N-dealkylation sites (tertiary alicyclic amines) is 1. The Morgan fingerprint density at radius 1 is 1.26 bits per heavy atom. The van der Waals surface area contributed by atoms with Crippen molar-refractivity contribution >= 4 is 11.9 Å². The molecule has 1 saturated heterocycles. The van der Waals surface area contributed by atoms with Crippen molar-refractivity contribution in [2.45, 2.75) is 51.5 Å². The first-order valence-corrected chi connectivity index (χ1v) is 9.25. The lowest BCUT2D eigenvalue weighted by molar-refractivity contribution is -0.147. The molecule has 1 aliphatic carbocycles. The van der Waals surface area contributed by atoms with Crippen LogP contribution < -0.4 is 0 Å². The number of carboxylic acids is 1.